The number of carbonyl (C=O) groups is 1. The molecule has 4 nitrogen and oxygen atoms in total. The van der Waals surface area contributed by atoms with Crippen LogP contribution >= 0.6 is 0 Å². The van der Waals surface area contributed by atoms with Crippen molar-refractivity contribution in [2.75, 3.05) is 0 Å². The summed E-state index contributed by atoms with van der Waals surface area (Å²) in [6.07, 6.45) is 4.23. The molecule has 1 heterocycles. The largest absolute Gasteiger partial charge is 0.481 e. The maximum Gasteiger partial charge on any atom is 0.481 e. The Kier molecular flexibility index (Phi) is 4.74. The van der Waals surface area contributed by atoms with E-state index in [9.17, 15) is 4.79 Å². The summed E-state index contributed by atoms with van der Waals surface area (Å²) in [5.41, 5.74) is 0.0746. The van der Waals surface area contributed by atoms with Crippen molar-refractivity contribution in [3.8, 4) is 0 Å². The lowest BCUT2D eigenvalue weighted by molar-refractivity contribution is -0.119. The third kappa shape index (κ3) is 4.01. The minimum Gasteiger partial charge on any atom is -0.404 e. The van der Waals surface area contributed by atoms with Gasteiger partial charge in [-0.3, -0.25) is 4.79 Å². The molecule has 5 heteroatoms. The van der Waals surface area contributed by atoms with Crippen molar-refractivity contribution in [3.05, 3.63) is 0 Å². The van der Waals surface area contributed by atoms with Crippen molar-refractivity contribution in [2.45, 2.75) is 84.9 Å². The minimum atomic E-state index is -0.319. The molecule has 0 radical (unpaired) electrons. The highest BCUT2D eigenvalue weighted by Gasteiger charge is 2.55. The van der Waals surface area contributed by atoms with Gasteiger partial charge in [0.2, 0.25) is 5.91 Å². The van der Waals surface area contributed by atoms with Gasteiger partial charge < -0.3 is 14.6 Å². The Morgan fingerprint density at radius 1 is 1.38 bits per heavy atom. The molecule has 0 bridgehead atoms. The van der Waals surface area contributed by atoms with Crippen LogP contribution in [0, 0.1) is 11.3 Å². The number of hydrogen-bond acceptors (Lipinski definition) is 3. The molecule has 2 rings (SSSR count). The molecular weight excluding hydrogens is 265 g/mol. The fourth-order valence-corrected chi connectivity index (χ4v) is 3.95. The van der Waals surface area contributed by atoms with Crippen molar-refractivity contribution in [1.29, 1.82) is 0 Å². The Balaban J connectivity index is 2.09. The van der Waals surface area contributed by atoms with E-state index in [1.807, 2.05) is 0 Å². The van der Waals surface area contributed by atoms with Crippen LogP contribution in [0.1, 0.15) is 67.2 Å². The van der Waals surface area contributed by atoms with Crippen LogP contribution < -0.4 is 5.32 Å². The summed E-state index contributed by atoms with van der Waals surface area (Å²) in [4.78, 5) is 11.5. The number of hydrogen-bond donors (Lipinski definition) is 1. The van der Waals surface area contributed by atoms with Gasteiger partial charge in [-0.05, 0) is 43.9 Å². The molecule has 0 aromatic rings. The van der Waals surface area contributed by atoms with E-state index < -0.39 is 0 Å². The molecule has 1 aliphatic carbocycles. The summed E-state index contributed by atoms with van der Waals surface area (Å²) in [6.45, 7) is 12.6. The molecule has 2 fully saturated rings. The first-order valence-corrected chi connectivity index (χ1v) is 8.22. The number of rotatable bonds is 4. The van der Waals surface area contributed by atoms with Crippen LogP contribution in [0.3, 0.4) is 0 Å². The van der Waals surface area contributed by atoms with Crippen LogP contribution in [-0.4, -0.2) is 30.7 Å². The molecule has 3 atom stereocenters. The van der Waals surface area contributed by atoms with Crippen LogP contribution in [-0.2, 0) is 14.1 Å². The highest BCUT2D eigenvalue weighted by atomic mass is 16.7. The third-order valence-electron chi connectivity index (χ3n) is 4.72. The van der Waals surface area contributed by atoms with Gasteiger partial charge in [-0.2, -0.15) is 0 Å². The molecule has 2 aliphatic rings. The Hall–Kier alpha value is -0.545. The fourth-order valence-electron chi connectivity index (χ4n) is 3.95. The predicted octanol–water partition coefficient (Wildman–Crippen LogP) is 2.95. The van der Waals surface area contributed by atoms with E-state index in [-0.39, 0.29) is 30.7 Å². The first kappa shape index (κ1) is 16.8. The highest BCUT2D eigenvalue weighted by Crippen LogP contribution is 2.47. The summed E-state index contributed by atoms with van der Waals surface area (Å²) >= 11 is 0. The normalized spacial score (nSPS) is 32.9. The molecule has 120 valence electrons. The van der Waals surface area contributed by atoms with Crippen molar-refractivity contribution in [1.82, 2.24) is 5.32 Å². The number of carbonyl (C=O) groups excluding carboxylic acids is 1. The standard InChI is InChI=1S/C16H30BNO3/c1-11(2)9-14(18-12(3)19)17-20-13-7-8-15(4,5)10-16(13,6)21-17/h11,13-14H,7-10H2,1-6H3,(H,18,19). The van der Waals surface area contributed by atoms with Crippen LogP contribution in [0.2, 0.25) is 0 Å². The average Bonchev–Trinajstić information content (AvgIpc) is 2.61. The van der Waals surface area contributed by atoms with Crippen LogP contribution in [0.15, 0.2) is 0 Å². The van der Waals surface area contributed by atoms with Gasteiger partial charge in [0.1, 0.15) is 0 Å². The SMILES string of the molecule is CC(=O)NC(CC(C)C)B1OC2CCC(C)(C)CC2(C)O1. The van der Waals surface area contributed by atoms with Gasteiger partial charge in [0.15, 0.2) is 0 Å². The van der Waals surface area contributed by atoms with Crippen molar-refractivity contribution in [3.63, 3.8) is 0 Å². The van der Waals surface area contributed by atoms with E-state index >= 15 is 0 Å². The lowest BCUT2D eigenvalue weighted by atomic mass is 9.69. The lowest BCUT2D eigenvalue weighted by Gasteiger charge is -2.43. The summed E-state index contributed by atoms with van der Waals surface area (Å²) in [5.74, 6) is 0.405. The highest BCUT2D eigenvalue weighted by molar-refractivity contribution is 6.47. The van der Waals surface area contributed by atoms with E-state index in [1.165, 1.54) is 6.42 Å². The van der Waals surface area contributed by atoms with Gasteiger partial charge >= 0.3 is 7.12 Å². The zero-order valence-electron chi connectivity index (χ0n) is 14.4. The molecule has 1 aliphatic heterocycles. The Labute approximate surface area is 129 Å². The van der Waals surface area contributed by atoms with Crippen molar-refractivity contribution >= 4 is 13.0 Å². The second kappa shape index (κ2) is 5.92. The molecular formula is C16H30BNO3. The summed E-state index contributed by atoms with van der Waals surface area (Å²) in [5, 5.41) is 3.01. The first-order valence-electron chi connectivity index (χ1n) is 8.22. The molecule has 1 N–H and O–H groups in total. The second-order valence-corrected chi connectivity index (χ2v) is 8.24. The van der Waals surface area contributed by atoms with Gasteiger partial charge in [0.25, 0.3) is 0 Å². The zero-order chi connectivity index (χ0) is 15.8. The average molecular weight is 295 g/mol. The number of fused-ring (bicyclic) bond motifs is 1. The topological polar surface area (TPSA) is 47.6 Å². The molecule has 1 saturated carbocycles. The monoisotopic (exact) mass is 295 g/mol. The Morgan fingerprint density at radius 3 is 2.62 bits per heavy atom. The molecule has 3 unspecified atom stereocenters. The van der Waals surface area contributed by atoms with Crippen LogP contribution in [0.25, 0.3) is 0 Å². The molecule has 21 heavy (non-hydrogen) atoms. The van der Waals surface area contributed by atoms with Gasteiger partial charge in [0, 0.05) is 6.92 Å². The lowest BCUT2D eigenvalue weighted by Crippen LogP contribution is -2.48. The van der Waals surface area contributed by atoms with E-state index in [4.69, 9.17) is 9.31 Å². The molecule has 1 saturated heterocycles. The number of nitrogens with one attached hydrogen (secondary N) is 1. The predicted molar refractivity (Wildman–Crippen MR) is 84.8 cm³/mol. The molecule has 0 aromatic carbocycles. The van der Waals surface area contributed by atoms with Gasteiger partial charge in [0.05, 0.1) is 17.6 Å². The van der Waals surface area contributed by atoms with E-state index in [0.717, 1.165) is 19.3 Å². The smallest absolute Gasteiger partial charge is 0.404 e. The summed E-state index contributed by atoms with van der Waals surface area (Å²) in [6, 6.07) is 0. The van der Waals surface area contributed by atoms with E-state index in [0.29, 0.717) is 11.3 Å². The maximum atomic E-state index is 11.5. The second-order valence-electron chi connectivity index (χ2n) is 8.24. The Bertz CT molecular complexity index is 399. The molecule has 1 amide bonds. The van der Waals surface area contributed by atoms with Crippen LogP contribution in [0.5, 0.6) is 0 Å². The van der Waals surface area contributed by atoms with Crippen molar-refractivity contribution < 1.29 is 14.1 Å². The van der Waals surface area contributed by atoms with E-state index in [2.05, 4.69) is 39.9 Å². The minimum absolute atomic E-state index is 0.0202. The summed E-state index contributed by atoms with van der Waals surface area (Å²) < 4.78 is 12.5. The van der Waals surface area contributed by atoms with Gasteiger partial charge in [-0.15, -0.1) is 0 Å². The molecule has 0 aromatic heterocycles. The van der Waals surface area contributed by atoms with Gasteiger partial charge in [-0.1, -0.05) is 27.7 Å². The van der Waals surface area contributed by atoms with Crippen LogP contribution in [0.4, 0.5) is 0 Å². The quantitative estimate of drug-likeness (QED) is 0.811. The van der Waals surface area contributed by atoms with E-state index in [1.54, 1.807) is 6.92 Å². The zero-order valence-corrected chi connectivity index (χ0v) is 14.4. The fraction of sp³-hybridized carbons (Fsp3) is 0.938. The maximum absolute atomic E-state index is 11.5. The number of amides is 1. The van der Waals surface area contributed by atoms with Crippen molar-refractivity contribution in [2.24, 2.45) is 11.3 Å². The summed E-state index contributed by atoms with van der Waals surface area (Å²) in [7, 11) is -0.319. The Morgan fingerprint density at radius 2 is 2.05 bits per heavy atom. The third-order valence-corrected chi connectivity index (χ3v) is 4.72. The first-order chi connectivity index (χ1) is 9.61. The van der Waals surface area contributed by atoms with Gasteiger partial charge in [-0.25, -0.2) is 0 Å². The molecule has 0 spiro atoms.